The second kappa shape index (κ2) is 8.17. The third-order valence-corrected chi connectivity index (χ3v) is 5.93. The van der Waals surface area contributed by atoms with Crippen molar-refractivity contribution in [2.45, 2.75) is 64.3 Å². The molecule has 0 saturated carbocycles. The van der Waals surface area contributed by atoms with Gasteiger partial charge in [0.25, 0.3) is 0 Å². The van der Waals surface area contributed by atoms with E-state index in [1.807, 2.05) is 0 Å². The summed E-state index contributed by atoms with van der Waals surface area (Å²) >= 11 is 0. The van der Waals surface area contributed by atoms with E-state index < -0.39 is 0 Å². The summed E-state index contributed by atoms with van der Waals surface area (Å²) < 4.78 is 0. The Balaban J connectivity index is 1.61. The number of benzene rings is 2. The highest BCUT2D eigenvalue weighted by Gasteiger charge is 2.36. The molecule has 0 aromatic heterocycles. The molecule has 0 radical (unpaired) electrons. The highest BCUT2D eigenvalue weighted by Crippen LogP contribution is 2.47. The summed E-state index contributed by atoms with van der Waals surface area (Å²) in [4.78, 5) is 2.55. The third kappa shape index (κ3) is 3.74. The smallest absolute Gasteiger partial charge is 0.0629 e. The van der Waals surface area contributed by atoms with E-state index in [9.17, 15) is 0 Å². The van der Waals surface area contributed by atoms with E-state index in [0.29, 0.717) is 12.0 Å². The predicted molar refractivity (Wildman–Crippen MR) is 117 cm³/mol. The maximum Gasteiger partial charge on any atom is 0.0629 e. The standard InChI is InChI=1S/C26H31N/c1-3-4-5-6-7-12-21-17-20(2)18-22(19-21)27-25-15-10-8-13-23(25)24-14-9-11-16-26(24)27/h8-11,13-19,23,25H,3-7,12H2,1-2H3. The van der Waals surface area contributed by atoms with Crippen LogP contribution < -0.4 is 4.90 Å². The summed E-state index contributed by atoms with van der Waals surface area (Å²) in [5.41, 5.74) is 7.01. The van der Waals surface area contributed by atoms with Crippen molar-refractivity contribution in [1.82, 2.24) is 0 Å². The van der Waals surface area contributed by atoms with Gasteiger partial charge >= 0.3 is 0 Å². The Morgan fingerprint density at radius 2 is 1.70 bits per heavy atom. The number of rotatable bonds is 7. The zero-order valence-corrected chi connectivity index (χ0v) is 16.7. The lowest BCUT2D eigenvalue weighted by molar-refractivity contribution is 0.632. The molecule has 1 nitrogen and oxygen atoms in total. The average Bonchev–Trinajstić information content (AvgIpc) is 3.02. The van der Waals surface area contributed by atoms with Crippen LogP contribution in [-0.2, 0) is 6.42 Å². The minimum Gasteiger partial charge on any atom is -0.333 e. The van der Waals surface area contributed by atoms with Crippen molar-refractivity contribution in [3.05, 3.63) is 83.5 Å². The first kappa shape index (κ1) is 18.1. The first-order valence-corrected chi connectivity index (χ1v) is 10.6. The molecule has 0 bridgehead atoms. The van der Waals surface area contributed by atoms with Gasteiger partial charge in [-0.25, -0.2) is 0 Å². The van der Waals surface area contributed by atoms with Crippen molar-refractivity contribution >= 4 is 11.4 Å². The van der Waals surface area contributed by atoms with E-state index in [-0.39, 0.29) is 0 Å². The number of unbranched alkanes of at least 4 members (excludes halogenated alkanes) is 4. The van der Waals surface area contributed by atoms with Crippen LogP contribution in [0.5, 0.6) is 0 Å². The summed E-state index contributed by atoms with van der Waals surface area (Å²) in [7, 11) is 0. The maximum absolute atomic E-state index is 2.55. The monoisotopic (exact) mass is 357 g/mol. The highest BCUT2D eigenvalue weighted by molar-refractivity contribution is 5.75. The van der Waals surface area contributed by atoms with Gasteiger partial charge in [0.2, 0.25) is 0 Å². The molecule has 0 amide bonds. The summed E-state index contributed by atoms with van der Waals surface area (Å²) in [5, 5.41) is 0. The first-order chi connectivity index (χ1) is 13.3. The number of para-hydroxylation sites is 1. The lowest BCUT2D eigenvalue weighted by Crippen LogP contribution is -2.28. The SMILES string of the molecule is CCCCCCCc1cc(C)cc(N2c3ccccc3C3C=CC=CC32)c1. The molecule has 0 N–H and O–H groups in total. The number of hydrogen-bond donors (Lipinski definition) is 0. The summed E-state index contributed by atoms with van der Waals surface area (Å²) in [6.07, 6.45) is 17.0. The second-order valence-corrected chi connectivity index (χ2v) is 8.06. The molecular weight excluding hydrogens is 326 g/mol. The van der Waals surface area contributed by atoms with Crippen LogP contribution >= 0.6 is 0 Å². The van der Waals surface area contributed by atoms with Crippen LogP contribution in [0.4, 0.5) is 11.4 Å². The Labute approximate surface area is 164 Å². The van der Waals surface area contributed by atoms with E-state index in [1.165, 1.54) is 66.6 Å². The Kier molecular flexibility index (Phi) is 5.48. The fourth-order valence-electron chi connectivity index (χ4n) is 4.65. The van der Waals surface area contributed by atoms with Crippen molar-refractivity contribution < 1.29 is 0 Å². The van der Waals surface area contributed by atoms with Crippen LogP contribution in [0.3, 0.4) is 0 Å². The van der Waals surface area contributed by atoms with Crippen LogP contribution in [0.2, 0.25) is 0 Å². The van der Waals surface area contributed by atoms with E-state index in [4.69, 9.17) is 0 Å². The van der Waals surface area contributed by atoms with Gasteiger partial charge in [-0.1, -0.05) is 81.2 Å². The normalized spacial score (nSPS) is 20.0. The lowest BCUT2D eigenvalue weighted by Gasteiger charge is -2.29. The Hall–Kier alpha value is -2.28. The predicted octanol–water partition coefficient (Wildman–Crippen LogP) is 7.24. The minimum absolute atomic E-state index is 0.395. The summed E-state index contributed by atoms with van der Waals surface area (Å²) in [6, 6.07) is 16.5. The number of anilines is 2. The summed E-state index contributed by atoms with van der Waals surface area (Å²) in [6.45, 7) is 4.52. The van der Waals surface area contributed by atoms with E-state index in [1.54, 1.807) is 0 Å². The molecule has 140 valence electrons. The quantitative estimate of drug-likeness (QED) is 0.472. The number of aryl methyl sites for hydroxylation is 2. The van der Waals surface area contributed by atoms with Gasteiger partial charge in [0.15, 0.2) is 0 Å². The molecule has 1 aliphatic heterocycles. The van der Waals surface area contributed by atoms with Gasteiger partial charge in [0, 0.05) is 17.3 Å². The van der Waals surface area contributed by atoms with Crippen molar-refractivity contribution in [3.63, 3.8) is 0 Å². The molecule has 27 heavy (non-hydrogen) atoms. The molecule has 1 heterocycles. The van der Waals surface area contributed by atoms with E-state index >= 15 is 0 Å². The van der Waals surface area contributed by atoms with Gasteiger partial charge in [-0.2, -0.15) is 0 Å². The Morgan fingerprint density at radius 1 is 0.889 bits per heavy atom. The molecule has 0 fully saturated rings. The molecule has 0 spiro atoms. The molecule has 2 atom stereocenters. The van der Waals surface area contributed by atoms with Gasteiger partial charge in [-0.3, -0.25) is 0 Å². The third-order valence-electron chi connectivity index (χ3n) is 5.93. The molecular formula is C26H31N. The second-order valence-electron chi connectivity index (χ2n) is 8.06. The van der Waals surface area contributed by atoms with Crippen LogP contribution in [-0.4, -0.2) is 6.04 Å². The van der Waals surface area contributed by atoms with Gasteiger partial charge in [0.1, 0.15) is 0 Å². The molecule has 4 rings (SSSR count). The van der Waals surface area contributed by atoms with Crippen LogP contribution in [0.25, 0.3) is 0 Å². The van der Waals surface area contributed by atoms with Gasteiger partial charge in [0.05, 0.1) is 6.04 Å². The highest BCUT2D eigenvalue weighted by atomic mass is 15.2. The maximum atomic E-state index is 2.55. The van der Waals surface area contributed by atoms with Crippen molar-refractivity contribution in [2.75, 3.05) is 4.90 Å². The number of nitrogens with zero attached hydrogens (tertiary/aromatic N) is 1. The first-order valence-electron chi connectivity index (χ1n) is 10.6. The van der Waals surface area contributed by atoms with E-state index in [2.05, 4.69) is 85.5 Å². The largest absolute Gasteiger partial charge is 0.333 e. The fraction of sp³-hybridized carbons (Fsp3) is 0.385. The molecule has 2 unspecified atom stereocenters. The number of hydrogen-bond acceptors (Lipinski definition) is 1. The van der Waals surface area contributed by atoms with Gasteiger partial charge in [-0.15, -0.1) is 0 Å². The average molecular weight is 358 g/mol. The molecule has 2 aromatic rings. The van der Waals surface area contributed by atoms with Crippen molar-refractivity contribution in [1.29, 1.82) is 0 Å². The molecule has 0 saturated heterocycles. The fourth-order valence-corrected chi connectivity index (χ4v) is 4.65. The number of fused-ring (bicyclic) bond motifs is 3. The number of allylic oxidation sites excluding steroid dienone is 2. The van der Waals surface area contributed by atoms with Gasteiger partial charge < -0.3 is 4.90 Å². The topological polar surface area (TPSA) is 3.24 Å². The molecule has 2 aliphatic rings. The summed E-state index contributed by atoms with van der Waals surface area (Å²) in [5.74, 6) is 0.462. The molecule has 2 aromatic carbocycles. The molecule has 1 aliphatic carbocycles. The molecule has 1 heteroatoms. The van der Waals surface area contributed by atoms with Crippen LogP contribution in [0.15, 0.2) is 66.8 Å². The van der Waals surface area contributed by atoms with Crippen LogP contribution in [0.1, 0.15) is 61.6 Å². The van der Waals surface area contributed by atoms with E-state index in [0.717, 1.165) is 0 Å². The van der Waals surface area contributed by atoms with Crippen molar-refractivity contribution in [2.24, 2.45) is 0 Å². The minimum atomic E-state index is 0.395. The Morgan fingerprint density at radius 3 is 2.59 bits per heavy atom. The van der Waals surface area contributed by atoms with Crippen molar-refractivity contribution in [3.8, 4) is 0 Å². The lowest BCUT2D eigenvalue weighted by atomic mass is 9.91. The zero-order valence-electron chi connectivity index (χ0n) is 16.7. The Bertz CT molecular complexity index is 845. The van der Waals surface area contributed by atoms with Crippen LogP contribution in [0, 0.1) is 6.92 Å². The van der Waals surface area contributed by atoms with Gasteiger partial charge in [-0.05, 0) is 54.7 Å². The zero-order chi connectivity index (χ0) is 18.6.